The number of carboxylic acid groups (broad SMARTS) is 1. The molecular formula is C13H9F13O4. The van der Waals surface area contributed by atoms with E-state index in [-0.39, 0.29) is 0 Å². The van der Waals surface area contributed by atoms with E-state index in [1.807, 2.05) is 0 Å². The van der Waals surface area contributed by atoms with E-state index in [4.69, 9.17) is 5.11 Å². The third-order valence-corrected chi connectivity index (χ3v) is 3.25. The minimum absolute atomic E-state index is 1.37. The molecule has 0 aliphatic rings. The molecule has 3 atom stereocenters. The highest BCUT2D eigenvalue weighted by molar-refractivity contribution is 5.92. The monoisotopic (exact) mass is 476 g/mol. The van der Waals surface area contributed by atoms with Crippen molar-refractivity contribution >= 4 is 11.9 Å². The maximum absolute atomic E-state index is 13.4. The molecule has 0 aliphatic carbocycles. The number of halogens is 13. The van der Waals surface area contributed by atoms with Gasteiger partial charge in [0.25, 0.3) is 6.43 Å². The number of alkyl halides is 13. The normalized spacial score (nSPS) is 16.7. The Balaban J connectivity index is 5.90. The fourth-order valence-electron chi connectivity index (χ4n) is 1.57. The Bertz CT molecular complexity index is 663. The molecular weight excluding hydrogens is 467 g/mol. The average molecular weight is 476 g/mol. The highest BCUT2D eigenvalue weighted by atomic mass is 19.4. The summed E-state index contributed by atoms with van der Waals surface area (Å²) in [5.41, 5.74) is -1.37. The van der Waals surface area contributed by atoms with Crippen LogP contribution in [0.15, 0.2) is 12.2 Å². The van der Waals surface area contributed by atoms with Gasteiger partial charge in [0.1, 0.15) is 0 Å². The fourth-order valence-corrected chi connectivity index (χ4v) is 1.57. The second-order valence-electron chi connectivity index (χ2n) is 5.47. The molecule has 176 valence electrons. The van der Waals surface area contributed by atoms with Crippen LogP contribution in [0.1, 0.15) is 6.42 Å². The second-order valence-corrected chi connectivity index (χ2v) is 5.47. The molecule has 0 aromatic heterocycles. The lowest BCUT2D eigenvalue weighted by molar-refractivity contribution is -0.399. The third kappa shape index (κ3) is 4.91. The molecule has 3 unspecified atom stereocenters. The molecule has 1 N–H and O–H groups in total. The SMILES string of the molecule is C=C(CC(=O)O)C(=O)OC(F)C(F)(F)C(F)(F)C(F)(F)C(F)(F)C(F)C(F)C(F)F. The van der Waals surface area contributed by atoms with Gasteiger partial charge in [-0.15, -0.1) is 0 Å². The van der Waals surface area contributed by atoms with Crippen LogP contribution in [0.3, 0.4) is 0 Å². The Morgan fingerprint density at radius 3 is 1.60 bits per heavy atom. The molecule has 0 bridgehead atoms. The Morgan fingerprint density at radius 2 is 1.23 bits per heavy atom. The van der Waals surface area contributed by atoms with E-state index in [2.05, 4.69) is 11.3 Å². The summed E-state index contributed by atoms with van der Waals surface area (Å²) in [5.74, 6) is -34.0. The molecule has 17 heteroatoms. The molecule has 4 nitrogen and oxygen atoms in total. The Hall–Kier alpha value is -2.23. The molecule has 0 saturated carbocycles. The minimum Gasteiger partial charge on any atom is -0.481 e. The highest BCUT2D eigenvalue weighted by Crippen LogP contribution is 2.56. The number of carbonyl (C=O) groups is 2. The van der Waals surface area contributed by atoms with E-state index in [9.17, 15) is 66.7 Å². The molecule has 0 radical (unpaired) electrons. The average Bonchev–Trinajstić information content (AvgIpc) is 2.58. The number of esters is 1. The molecule has 0 fully saturated rings. The van der Waals surface area contributed by atoms with Crippen molar-refractivity contribution in [3.05, 3.63) is 12.2 Å². The van der Waals surface area contributed by atoms with Crippen LogP contribution in [-0.2, 0) is 14.3 Å². The van der Waals surface area contributed by atoms with Crippen molar-refractivity contribution in [3.8, 4) is 0 Å². The van der Waals surface area contributed by atoms with Crippen molar-refractivity contribution < 1.29 is 76.5 Å². The van der Waals surface area contributed by atoms with Gasteiger partial charge < -0.3 is 9.84 Å². The van der Waals surface area contributed by atoms with Crippen molar-refractivity contribution in [2.24, 2.45) is 0 Å². The molecule has 30 heavy (non-hydrogen) atoms. The summed E-state index contributed by atoms with van der Waals surface area (Å²) in [4.78, 5) is 21.3. The number of hydrogen-bond acceptors (Lipinski definition) is 3. The lowest BCUT2D eigenvalue weighted by Gasteiger charge is -2.38. The molecule has 0 amide bonds. The van der Waals surface area contributed by atoms with E-state index < -0.39 is 72.7 Å². The van der Waals surface area contributed by atoms with Crippen molar-refractivity contribution in [3.63, 3.8) is 0 Å². The van der Waals surface area contributed by atoms with Crippen molar-refractivity contribution in [2.75, 3.05) is 0 Å². The van der Waals surface area contributed by atoms with Crippen molar-refractivity contribution in [2.45, 2.75) is 55.2 Å². The first-order valence-corrected chi connectivity index (χ1v) is 6.98. The third-order valence-electron chi connectivity index (χ3n) is 3.25. The first kappa shape index (κ1) is 27.8. The van der Waals surface area contributed by atoms with Gasteiger partial charge in [0, 0.05) is 5.57 Å². The van der Waals surface area contributed by atoms with E-state index in [0.717, 1.165) is 0 Å². The van der Waals surface area contributed by atoms with Crippen LogP contribution in [0.2, 0.25) is 0 Å². The topological polar surface area (TPSA) is 63.6 Å². The summed E-state index contributed by atoms with van der Waals surface area (Å²) >= 11 is 0. The van der Waals surface area contributed by atoms with Gasteiger partial charge in [0.05, 0.1) is 6.42 Å². The lowest BCUT2D eigenvalue weighted by atomic mass is 9.93. The van der Waals surface area contributed by atoms with Crippen LogP contribution in [0.5, 0.6) is 0 Å². The molecule has 0 rings (SSSR count). The molecule has 0 aromatic carbocycles. The van der Waals surface area contributed by atoms with Crippen molar-refractivity contribution in [1.29, 1.82) is 0 Å². The summed E-state index contributed by atoms with van der Waals surface area (Å²) < 4.78 is 172. The van der Waals surface area contributed by atoms with Crippen LogP contribution in [0.25, 0.3) is 0 Å². The predicted molar refractivity (Wildman–Crippen MR) is 68.0 cm³/mol. The number of hydrogen-bond donors (Lipinski definition) is 1. The molecule has 0 aromatic rings. The Labute approximate surface area is 157 Å². The molecule has 0 saturated heterocycles. The van der Waals surface area contributed by atoms with E-state index >= 15 is 0 Å². The lowest BCUT2D eigenvalue weighted by Crippen LogP contribution is -2.68. The zero-order chi connectivity index (χ0) is 24.5. The number of carboxylic acids is 1. The van der Waals surface area contributed by atoms with Crippen LogP contribution >= 0.6 is 0 Å². The van der Waals surface area contributed by atoms with Gasteiger partial charge in [-0.2, -0.15) is 39.5 Å². The second kappa shape index (κ2) is 8.87. The number of carbonyl (C=O) groups excluding carboxylic acids is 1. The summed E-state index contributed by atoms with van der Waals surface area (Å²) in [6.07, 6.45) is -21.6. The smallest absolute Gasteiger partial charge is 0.385 e. The van der Waals surface area contributed by atoms with Crippen molar-refractivity contribution in [1.82, 2.24) is 0 Å². The van der Waals surface area contributed by atoms with Crippen LogP contribution in [0.4, 0.5) is 57.1 Å². The summed E-state index contributed by atoms with van der Waals surface area (Å²) in [7, 11) is 0. The summed E-state index contributed by atoms with van der Waals surface area (Å²) in [6.45, 7) is 2.55. The zero-order valence-electron chi connectivity index (χ0n) is 13.8. The Kier molecular flexibility index (Phi) is 8.21. The minimum atomic E-state index is -7.70. The van der Waals surface area contributed by atoms with Gasteiger partial charge in [-0.05, 0) is 0 Å². The van der Waals surface area contributed by atoms with Crippen LogP contribution in [0, 0.1) is 0 Å². The largest absolute Gasteiger partial charge is 0.481 e. The first-order valence-electron chi connectivity index (χ1n) is 6.98. The van der Waals surface area contributed by atoms with Gasteiger partial charge in [-0.1, -0.05) is 6.58 Å². The van der Waals surface area contributed by atoms with E-state index in [1.54, 1.807) is 0 Å². The number of rotatable bonds is 11. The maximum atomic E-state index is 13.4. The quantitative estimate of drug-likeness (QED) is 0.274. The van der Waals surface area contributed by atoms with Gasteiger partial charge in [0.2, 0.25) is 6.17 Å². The van der Waals surface area contributed by atoms with Gasteiger partial charge in [-0.3, -0.25) is 4.79 Å². The number of aliphatic carboxylic acids is 1. The van der Waals surface area contributed by atoms with Gasteiger partial charge in [0.15, 0.2) is 6.17 Å². The molecule has 0 spiro atoms. The first-order chi connectivity index (χ1) is 13.2. The summed E-state index contributed by atoms with van der Waals surface area (Å²) in [5, 5.41) is 8.26. The zero-order valence-corrected chi connectivity index (χ0v) is 13.8. The Morgan fingerprint density at radius 1 is 0.833 bits per heavy atom. The fraction of sp³-hybridized carbons (Fsp3) is 0.692. The standard InChI is InChI=1S/C13H9F13O4/c1-3(2-4(27)28)8(29)30-9(18)11(21,22)13(25,26)12(23,24)10(19,20)6(15)5(14)7(16)17/h5-7,9H,1-2H2,(H,27,28). The summed E-state index contributed by atoms with van der Waals surface area (Å²) in [6, 6.07) is 0. The van der Waals surface area contributed by atoms with Crippen LogP contribution < -0.4 is 0 Å². The van der Waals surface area contributed by atoms with Gasteiger partial charge >= 0.3 is 42.0 Å². The van der Waals surface area contributed by atoms with Crippen LogP contribution in [-0.4, -0.2) is 65.9 Å². The molecule has 0 aliphatic heterocycles. The number of ether oxygens (including phenoxy) is 1. The van der Waals surface area contributed by atoms with Gasteiger partial charge in [-0.25, -0.2) is 22.4 Å². The predicted octanol–water partition coefficient (Wildman–Crippen LogP) is 4.34. The van der Waals surface area contributed by atoms with E-state index in [1.165, 1.54) is 0 Å². The highest BCUT2D eigenvalue weighted by Gasteiger charge is 2.85. The van der Waals surface area contributed by atoms with E-state index in [0.29, 0.717) is 0 Å². The maximum Gasteiger partial charge on any atom is 0.385 e. The molecule has 0 heterocycles.